The van der Waals surface area contributed by atoms with Crippen LogP contribution in [0.3, 0.4) is 0 Å². The Morgan fingerprint density at radius 3 is 2.50 bits per heavy atom. The normalized spacial score (nSPS) is 8.90. The minimum atomic E-state index is 0.435. The standard InChI is InChI=1S/C3H14B6O/c1-2-3-10-9(6)8(5)7-4/h7H,2-6H2,1H3. The quantitative estimate of drug-likeness (QED) is 0.355. The predicted molar refractivity (Wildman–Crippen MR) is 60.5 cm³/mol. The number of hydrogen-bond donors (Lipinski definition) is 0. The highest BCUT2D eigenvalue weighted by molar-refractivity contribution is 7.72. The fourth-order valence-electron chi connectivity index (χ4n) is 0.800. The zero-order valence-corrected chi connectivity index (χ0v) is 7.68. The molecule has 0 unspecified atom stereocenters. The minimum absolute atomic E-state index is 0.435. The molecule has 0 heterocycles. The molecule has 0 saturated carbocycles. The van der Waals surface area contributed by atoms with Gasteiger partial charge >= 0.3 is 0 Å². The Morgan fingerprint density at radius 2 is 2.10 bits per heavy atom. The average Bonchev–Trinajstić information content (AvgIpc) is 1.98. The summed E-state index contributed by atoms with van der Waals surface area (Å²) in [7, 11) is 7.81. The van der Waals surface area contributed by atoms with Gasteiger partial charge in [-0.05, 0) is 6.42 Å². The third kappa shape index (κ3) is 4.21. The van der Waals surface area contributed by atoms with Crippen LogP contribution in [-0.2, 0) is 4.65 Å². The summed E-state index contributed by atoms with van der Waals surface area (Å²) in [6, 6.07) is 0. The maximum absolute atomic E-state index is 5.54. The lowest BCUT2D eigenvalue weighted by Crippen LogP contribution is -2.45. The first kappa shape index (κ1) is 10.3. The van der Waals surface area contributed by atoms with E-state index in [1.807, 2.05) is 0 Å². The molecule has 0 fully saturated rings. The lowest BCUT2D eigenvalue weighted by Gasteiger charge is -2.12. The Balaban J connectivity index is 3.31. The molecular weight excluding hydrogens is 117 g/mol. The van der Waals surface area contributed by atoms with Crippen LogP contribution in [0.15, 0.2) is 0 Å². The molecule has 0 bridgehead atoms. The Bertz CT molecular complexity index is 79.4. The molecule has 1 nitrogen and oxygen atoms in total. The second kappa shape index (κ2) is 6.09. The fraction of sp³-hybridized carbons (Fsp3) is 1.00. The number of rotatable bonds is 5. The molecule has 0 aromatic rings. The van der Waals surface area contributed by atoms with Gasteiger partial charge in [0.25, 0.3) is 0 Å². The van der Waals surface area contributed by atoms with Gasteiger partial charge in [-0.2, -0.15) is 0 Å². The molecule has 50 valence electrons. The fourth-order valence-corrected chi connectivity index (χ4v) is 0.800. The third-order valence-electron chi connectivity index (χ3n) is 2.03. The van der Waals surface area contributed by atoms with E-state index in [-0.39, 0.29) is 0 Å². The SMILES string of the molecule is BBB(B)B(B)OCCC. The van der Waals surface area contributed by atoms with E-state index in [0.29, 0.717) is 13.1 Å². The van der Waals surface area contributed by atoms with Crippen LogP contribution in [0, 0.1) is 0 Å². The van der Waals surface area contributed by atoms with Crippen molar-refractivity contribution in [1.29, 1.82) is 0 Å². The molecule has 7 heteroatoms. The minimum Gasteiger partial charge on any atom is -0.456 e. The van der Waals surface area contributed by atoms with Crippen molar-refractivity contribution in [2.45, 2.75) is 13.3 Å². The van der Waals surface area contributed by atoms with Crippen molar-refractivity contribution in [3.05, 3.63) is 0 Å². The molecule has 0 aromatic heterocycles. The molecule has 10 heavy (non-hydrogen) atoms. The molecule has 0 aromatic carbocycles. The van der Waals surface area contributed by atoms with Gasteiger partial charge in [-0.25, -0.2) is 0 Å². The van der Waals surface area contributed by atoms with Crippen molar-refractivity contribution >= 4 is 43.4 Å². The monoisotopic (exact) mass is 132 g/mol. The largest absolute Gasteiger partial charge is 0.456 e. The molecule has 0 atom stereocenters. The molecule has 0 N–H and O–H groups in total. The Hall–Kier alpha value is 0.350. The molecular formula is C3H14B6O. The lowest BCUT2D eigenvalue weighted by molar-refractivity contribution is 0.339. The van der Waals surface area contributed by atoms with Gasteiger partial charge in [0.1, 0.15) is 0 Å². The summed E-state index contributed by atoms with van der Waals surface area (Å²) in [6.07, 6.45) is 1.83. The van der Waals surface area contributed by atoms with E-state index in [1.165, 1.54) is 7.06 Å². The van der Waals surface area contributed by atoms with Gasteiger partial charge in [0.2, 0.25) is 0 Å². The Kier molecular flexibility index (Phi) is 6.30. The summed E-state index contributed by atoms with van der Waals surface area (Å²) in [4.78, 5) is 0. The highest BCUT2D eigenvalue weighted by Gasteiger charge is 2.17. The topological polar surface area (TPSA) is 9.23 Å². The van der Waals surface area contributed by atoms with Crippen LogP contribution in [0.2, 0.25) is 0 Å². The number of hydrogen-bond acceptors (Lipinski definition) is 1. The van der Waals surface area contributed by atoms with E-state index < -0.39 is 0 Å². The molecule has 0 aliphatic carbocycles. The molecule has 0 aliphatic rings. The van der Waals surface area contributed by atoms with Gasteiger partial charge in [0.15, 0.2) is 6.70 Å². The highest BCUT2D eigenvalue weighted by Crippen LogP contribution is 1.85. The predicted octanol–water partition coefficient (Wildman–Crippen LogP) is -3.28. The first-order valence-corrected chi connectivity index (χ1v) is 4.33. The van der Waals surface area contributed by atoms with E-state index in [2.05, 4.69) is 30.1 Å². The van der Waals surface area contributed by atoms with Crippen LogP contribution in [0.25, 0.3) is 0 Å². The van der Waals surface area contributed by atoms with E-state index in [1.54, 1.807) is 0 Å². The van der Waals surface area contributed by atoms with E-state index in [4.69, 9.17) is 4.65 Å². The summed E-state index contributed by atoms with van der Waals surface area (Å²) in [6.45, 7) is 3.49. The Morgan fingerprint density at radius 1 is 1.50 bits per heavy atom. The van der Waals surface area contributed by atoms with Gasteiger partial charge < -0.3 is 4.65 Å². The van der Waals surface area contributed by atoms with Crippen molar-refractivity contribution in [2.75, 3.05) is 6.61 Å². The zero-order valence-electron chi connectivity index (χ0n) is 7.68. The molecule has 0 radical (unpaired) electrons. The van der Waals surface area contributed by atoms with Crippen molar-refractivity contribution in [3.63, 3.8) is 0 Å². The van der Waals surface area contributed by atoms with Crippen molar-refractivity contribution in [3.8, 4) is 0 Å². The summed E-state index contributed by atoms with van der Waals surface area (Å²) >= 11 is 0. The lowest BCUT2D eigenvalue weighted by atomic mass is 8.85. The van der Waals surface area contributed by atoms with Crippen molar-refractivity contribution in [1.82, 2.24) is 0 Å². The van der Waals surface area contributed by atoms with Gasteiger partial charge in [-0.15, -0.1) is 0 Å². The maximum atomic E-state index is 5.54. The zero-order chi connectivity index (χ0) is 7.98. The van der Waals surface area contributed by atoms with Crippen LogP contribution in [0.1, 0.15) is 13.3 Å². The molecule has 0 saturated heterocycles. The molecule has 0 amide bonds. The van der Waals surface area contributed by atoms with Gasteiger partial charge in [0, 0.05) is 13.7 Å². The van der Waals surface area contributed by atoms with Crippen LogP contribution in [-0.4, -0.2) is 50.0 Å². The van der Waals surface area contributed by atoms with E-state index >= 15 is 0 Å². The van der Waals surface area contributed by atoms with E-state index in [0.717, 1.165) is 13.0 Å². The van der Waals surface area contributed by atoms with Crippen LogP contribution in [0.4, 0.5) is 0 Å². The van der Waals surface area contributed by atoms with Gasteiger partial charge in [-0.1, -0.05) is 6.92 Å². The molecule has 0 spiro atoms. The molecule has 0 aliphatic heterocycles. The summed E-state index contributed by atoms with van der Waals surface area (Å²) < 4.78 is 5.54. The van der Waals surface area contributed by atoms with Crippen LogP contribution >= 0.6 is 0 Å². The first-order chi connectivity index (χ1) is 4.72. The van der Waals surface area contributed by atoms with Crippen molar-refractivity contribution < 1.29 is 4.65 Å². The smallest absolute Gasteiger partial charge is 0.197 e. The van der Waals surface area contributed by atoms with Gasteiger partial charge in [-0.3, -0.25) is 0 Å². The van der Waals surface area contributed by atoms with Crippen LogP contribution < -0.4 is 0 Å². The second-order valence-electron chi connectivity index (χ2n) is 2.96. The third-order valence-corrected chi connectivity index (χ3v) is 2.03. The summed E-state index contributed by atoms with van der Waals surface area (Å²) in [5.41, 5.74) is 0. The summed E-state index contributed by atoms with van der Waals surface area (Å²) in [5, 5.41) is 0. The van der Waals surface area contributed by atoms with Crippen LogP contribution in [0.5, 0.6) is 0 Å². The van der Waals surface area contributed by atoms with Crippen molar-refractivity contribution in [2.24, 2.45) is 0 Å². The highest BCUT2D eigenvalue weighted by atomic mass is 16.4. The second-order valence-corrected chi connectivity index (χ2v) is 2.96. The summed E-state index contributed by atoms with van der Waals surface area (Å²) in [5.74, 6) is 0. The molecule has 0 rings (SSSR count). The average molecular weight is 131 g/mol. The van der Waals surface area contributed by atoms with Gasteiger partial charge in [0.05, 0.1) is 29.6 Å². The Labute approximate surface area is 68.6 Å². The maximum Gasteiger partial charge on any atom is 0.197 e. The first-order valence-electron chi connectivity index (χ1n) is 4.33. The van der Waals surface area contributed by atoms with E-state index in [9.17, 15) is 0 Å².